The molecule has 0 spiro atoms. The number of rotatable bonds is 7. The Labute approximate surface area is 182 Å². The second-order valence-electron chi connectivity index (χ2n) is 6.67. The SMILES string of the molecule is CCn1c(SCC(=O)Nc2ccc(C(C)=O)cc2)nnc1-c1csc2ccccc12. The maximum atomic E-state index is 12.4. The number of benzene rings is 2. The molecule has 0 atom stereocenters. The maximum Gasteiger partial charge on any atom is 0.234 e. The van der Waals surface area contributed by atoms with E-state index < -0.39 is 0 Å². The molecule has 0 radical (unpaired) electrons. The molecule has 0 aliphatic carbocycles. The summed E-state index contributed by atoms with van der Waals surface area (Å²) in [6.45, 7) is 4.27. The largest absolute Gasteiger partial charge is 0.325 e. The van der Waals surface area contributed by atoms with Crippen molar-refractivity contribution in [1.82, 2.24) is 14.8 Å². The van der Waals surface area contributed by atoms with Crippen LogP contribution in [0.25, 0.3) is 21.5 Å². The van der Waals surface area contributed by atoms with Crippen LogP contribution < -0.4 is 5.32 Å². The fourth-order valence-electron chi connectivity index (χ4n) is 3.15. The van der Waals surface area contributed by atoms with Crippen LogP contribution in [0, 0.1) is 0 Å². The molecule has 0 saturated carbocycles. The van der Waals surface area contributed by atoms with Gasteiger partial charge in [0.1, 0.15) is 0 Å². The van der Waals surface area contributed by atoms with Crippen LogP contribution in [0.5, 0.6) is 0 Å². The van der Waals surface area contributed by atoms with Crippen LogP contribution in [0.4, 0.5) is 5.69 Å². The quantitative estimate of drug-likeness (QED) is 0.322. The topological polar surface area (TPSA) is 76.9 Å². The molecule has 2 aromatic heterocycles. The Hall–Kier alpha value is -2.97. The molecule has 4 rings (SSSR count). The summed E-state index contributed by atoms with van der Waals surface area (Å²) in [5.74, 6) is 0.898. The standard InChI is InChI=1S/C22H20N4O2S2/c1-3-26-21(18-12-29-19-7-5-4-6-17(18)19)24-25-22(26)30-13-20(28)23-16-10-8-15(9-11-16)14(2)27/h4-12H,3,13H2,1-2H3,(H,23,28). The van der Waals surface area contributed by atoms with E-state index in [4.69, 9.17) is 0 Å². The van der Waals surface area contributed by atoms with Crippen LogP contribution in [0.2, 0.25) is 0 Å². The Balaban J connectivity index is 1.46. The van der Waals surface area contributed by atoms with Gasteiger partial charge in [0.15, 0.2) is 16.8 Å². The van der Waals surface area contributed by atoms with Gasteiger partial charge in [0.05, 0.1) is 5.75 Å². The van der Waals surface area contributed by atoms with E-state index in [2.05, 4.69) is 33.0 Å². The van der Waals surface area contributed by atoms with Gasteiger partial charge in [-0.05, 0) is 44.2 Å². The van der Waals surface area contributed by atoms with Crippen LogP contribution in [-0.4, -0.2) is 32.2 Å². The minimum absolute atomic E-state index is 0.00320. The van der Waals surface area contributed by atoms with Gasteiger partial charge in [-0.1, -0.05) is 30.0 Å². The smallest absolute Gasteiger partial charge is 0.234 e. The lowest BCUT2D eigenvalue weighted by molar-refractivity contribution is -0.113. The zero-order chi connectivity index (χ0) is 21.1. The zero-order valence-electron chi connectivity index (χ0n) is 16.6. The summed E-state index contributed by atoms with van der Waals surface area (Å²) in [5.41, 5.74) is 2.34. The van der Waals surface area contributed by atoms with Crippen LogP contribution in [0.3, 0.4) is 0 Å². The van der Waals surface area contributed by atoms with Crippen molar-refractivity contribution >= 4 is 50.6 Å². The number of carbonyl (C=O) groups is 2. The van der Waals surface area contributed by atoms with Gasteiger partial charge in [-0.3, -0.25) is 9.59 Å². The van der Waals surface area contributed by atoms with Gasteiger partial charge >= 0.3 is 0 Å². The molecule has 8 heteroatoms. The number of anilines is 1. The number of aromatic nitrogens is 3. The Bertz CT molecular complexity index is 1210. The highest BCUT2D eigenvalue weighted by Crippen LogP contribution is 2.34. The van der Waals surface area contributed by atoms with E-state index in [1.807, 2.05) is 23.6 Å². The predicted octanol–water partition coefficient (Wildman–Crippen LogP) is 5.11. The molecule has 152 valence electrons. The number of thioether (sulfide) groups is 1. The Kier molecular flexibility index (Phi) is 5.96. The normalized spacial score (nSPS) is 11.0. The zero-order valence-corrected chi connectivity index (χ0v) is 18.2. The lowest BCUT2D eigenvalue weighted by atomic mass is 10.1. The molecule has 0 unspecified atom stereocenters. The monoisotopic (exact) mass is 436 g/mol. The number of ketones is 1. The number of thiophene rings is 1. The Morgan fingerprint density at radius 1 is 1.10 bits per heavy atom. The van der Waals surface area contributed by atoms with Crippen molar-refractivity contribution in [2.45, 2.75) is 25.5 Å². The van der Waals surface area contributed by atoms with Crippen molar-refractivity contribution in [3.63, 3.8) is 0 Å². The summed E-state index contributed by atoms with van der Waals surface area (Å²) in [4.78, 5) is 23.7. The summed E-state index contributed by atoms with van der Waals surface area (Å²) >= 11 is 3.04. The lowest BCUT2D eigenvalue weighted by Gasteiger charge is -2.08. The van der Waals surface area contributed by atoms with Crippen molar-refractivity contribution < 1.29 is 9.59 Å². The number of Topliss-reactive ketones (excluding diaryl/α,β-unsaturated/α-hetero) is 1. The highest BCUT2D eigenvalue weighted by atomic mass is 32.2. The van der Waals surface area contributed by atoms with Crippen LogP contribution >= 0.6 is 23.1 Å². The molecular formula is C22H20N4O2S2. The first-order valence-corrected chi connectivity index (χ1v) is 11.4. The lowest BCUT2D eigenvalue weighted by Crippen LogP contribution is -2.14. The average molecular weight is 437 g/mol. The molecule has 1 amide bonds. The summed E-state index contributed by atoms with van der Waals surface area (Å²) in [6, 6.07) is 15.1. The molecular weight excluding hydrogens is 416 g/mol. The molecule has 0 fully saturated rings. The molecule has 30 heavy (non-hydrogen) atoms. The second kappa shape index (κ2) is 8.81. The number of hydrogen-bond acceptors (Lipinski definition) is 6. The minimum atomic E-state index is -0.135. The van der Waals surface area contributed by atoms with Gasteiger partial charge in [-0.2, -0.15) is 0 Å². The van der Waals surface area contributed by atoms with Crippen molar-refractivity contribution in [3.05, 3.63) is 59.5 Å². The van der Waals surface area contributed by atoms with E-state index in [0.717, 1.165) is 16.8 Å². The van der Waals surface area contributed by atoms with Gasteiger partial charge in [0.2, 0.25) is 5.91 Å². The number of carbonyl (C=O) groups excluding carboxylic acids is 2. The third-order valence-corrected chi connectivity index (χ3v) is 6.59. The molecule has 0 saturated heterocycles. The van der Waals surface area contributed by atoms with Crippen LogP contribution in [0.1, 0.15) is 24.2 Å². The number of amides is 1. The van der Waals surface area contributed by atoms with E-state index >= 15 is 0 Å². The summed E-state index contributed by atoms with van der Waals surface area (Å²) in [6.07, 6.45) is 0. The summed E-state index contributed by atoms with van der Waals surface area (Å²) in [5, 5.41) is 15.5. The predicted molar refractivity (Wildman–Crippen MR) is 122 cm³/mol. The average Bonchev–Trinajstić information content (AvgIpc) is 3.36. The van der Waals surface area contributed by atoms with E-state index in [1.165, 1.54) is 23.4 Å². The summed E-state index contributed by atoms with van der Waals surface area (Å²) < 4.78 is 3.25. The summed E-state index contributed by atoms with van der Waals surface area (Å²) in [7, 11) is 0. The van der Waals surface area contributed by atoms with Gasteiger partial charge in [-0.15, -0.1) is 21.5 Å². The minimum Gasteiger partial charge on any atom is -0.325 e. The third-order valence-electron chi connectivity index (χ3n) is 4.66. The first kappa shape index (κ1) is 20.3. The second-order valence-corrected chi connectivity index (χ2v) is 8.52. The van der Waals surface area contributed by atoms with E-state index in [-0.39, 0.29) is 17.4 Å². The molecule has 2 aromatic carbocycles. The Morgan fingerprint density at radius 3 is 2.60 bits per heavy atom. The van der Waals surface area contributed by atoms with E-state index in [9.17, 15) is 9.59 Å². The van der Waals surface area contributed by atoms with Gasteiger partial charge in [0, 0.05) is 38.8 Å². The fourth-order valence-corrected chi connectivity index (χ4v) is 4.89. The molecule has 4 aromatic rings. The van der Waals surface area contributed by atoms with Gasteiger partial charge in [-0.25, -0.2) is 0 Å². The highest BCUT2D eigenvalue weighted by molar-refractivity contribution is 7.99. The molecule has 0 aliphatic rings. The first-order valence-electron chi connectivity index (χ1n) is 9.50. The van der Waals surface area contributed by atoms with Crippen LogP contribution in [0.15, 0.2) is 59.1 Å². The number of nitrogens with zero attached hydrogens (tertiary/aromatic N) is 3. The molecule has 1 N–H and O–H groups in total. The molecule has 6 nitrogen and oxygen atoms in total. The number of hydrogen-bond donors (Lipinski definition) is 1. The molecule has 0 bridgehead atoms. The third kappa shape index (κ3) is 4.15. The van der Waals surface area contributed by atoms with Crippen molar-refractivity contribution in [1.29, 1.82) is 0 Å². The number of fused-ring (bicyclic) bond motifs is 1. The highest BCUT2D eigenvalue weighted by Gasteiger charge is 2.17. The van der Waals surface area contributed by atoms with Crippen molar-refractivity contribution in [2.24, 2.45) is 0 Å². The van der Waals surface area contributed by atoms with Crippen molar-refractivity contribution in [2.75, 3.05) is 11.1 Å². The van der Waals surface area contributed by atoms with Crippen molar-refractivity contribution in [3.8, 4) is 11.4 Å². The van der Waals surface area contributed by atoms with E-state index in [0.29, 0.717) is 23.0 Å². The maximum absolute atomic E-state index is 12.4. The first-order chi connectivity index (χ1) is 14.6. The molecule has 0 aliphatic heterocycles. The van der Waals surface area contributed by atoms with Gasteiger partial charge < -0.3 is 9.88 Å². The fraction of sp³-hybridized carbons (Fsp3) is 0.182. The van der Waals surface area contributed by atoms with Gasteiger partial charge in [0.25, 0.3) is 0 Å². The van der Waals surface area contributed by atoms with E-state index in [1.54, 1.807) is 35.6 Å². The number of nitrogens with one attached hydrogen (secondary N) is 1. The molecule has 2 heterocycles. The van der Waals surface area contributed by atoms with Crippen LogP contribution in [-0.2, 0) is 11.3 Å². The Morgan fingerprint density at radius 2 is 1.87 bits per heavy atom.